The predicted molar refractivity (Wildman–Crippen MR) is 218 cm³/mol. The number of esters is 1. The molecule has 2 aromatic carbocycles. The maximum Gasteiger partial charge on any atom is 0.339 e. The van der Waals surface area contributed by atoms with Crippen LogP contribution >= 0.6 is 0 Å². The molecule has 6 rings (SSSR count). The molecule has 0 bridgehead atoms. The van der Waals surface area contributed by atoms with E-state index in [0.29, 0.717) is 33.9 Å². The Morgan fingerprint density at radius 3 is 1.47 bits per heavy atom. The van der Waals surface area contributed by atoms with Gasteiger partial charge in [0.15, 0.2) is 5.78 Å². The minimum Gasteiger partial charge on any atom is -0.465 e. The van der Waals surface area contributed by atoms with Crippen molar-refractivity contribution in [1.29, 1.82) is 0 Å². The van der Waals surface area contributed by atoms with Gasteiger partial charge in [0.05, 0.1) is 43.7 Å². The highest BCUT2D eigenvalue weighted by Gasteiger charge is 2.31. The Balaban J connectivity index is 0.000000221. The number of amides is 2. The normalized spacial score (nSPS) is 15.2. The van der Waals surface area contributed by atoms with E-state index in [1.807, 2.05) is 0 Å². The van der Waals surface area contributed by atoms with Gasteiger partial charge in [-0.05, 0) is 126 Å². The Morgan fingerprint density at radius 2 is 1.12 bits per heavy atom. The second kappa shape index (κ2) is 21.4. The van der Waals surface area contributed by atoms with Gasteiger partial charge < -0.3 is 30.1 Å². The quantitative estimate of drug-likeness (QED) is 0.128. The van der Waals surface area contributed by atoms with E-state index in [9.17, 15) is 28.0 Å². The first-order chi connectivity index (χ1) is 28.0. The Kier molecular flexibility index (Phi) is 16.1. The topological polar surface area (TPSA) is 142 Å². The number of carbonyl (C=O) groups is 4. The first-order valence-corrected chi connectivity index (χ1v) is 19.8. The molecule has 0 aliphatic carbocycles. The van der Waals surface area contributed by atoms with Gasteiger partial charge in [-0.25, -0.2) is 13.6 Å². The standard InChI is InChI=1S/C22H27FN4O2.C22H26FN3O3/c1-2-26-10-8-16(9-11-26)22(29)27(20-5-3-4-18(23)12-20)15-19-7-6-17(14-25-19)21(28)13-24;1-3-25-11-9-16(10-12-25)21(27)26(20-6-4-5-18(23)13-20)15-19-8-7-17(14-24-19)22(28)29-2/h3-7,12,14,16H,2,8-11,13,15,24H2,1H3;4-8,13-14,16H,3,9-12,15H2,1-2H3. The first kappa shape index (κ1) is 43.7. The monoisotopic (exact) mass is 797 g/mol. The summed E-state index contributed by atoms with van der Waals surface area (Å²) >= 11 is 0. The summed E-state index contributed by atoms with van der Waals surface area (Å²) in [5.74, 6) is -1.68. The van der Waals surface area contributed by atoms with Crippen LogP contribution < -0.4 is 15.5 Å². The van der Waals surface area contributed by atoms with Crippen molar-refractivity contribution < 1.29 is 32.7 Å². The number of methoxy groups -OCH3 is 1. The molecule has 4 heterocycles. The fourth-order valence-corrected chi connectivity index (χ4v) is 7.20. The molecule has 14 heteroatoms. The minimum atomic E-state index is -0.468. The molecule has 0 unspecified atom stereocenters. The molecule has 0 spiro atoms. The number of likely N-dealkylation sites (tertiary alicyclic amines) is 2. The third-order valence-corrected chi connectivity index (χ3v) is 10.8. The van der Waals surface area contributed by atoms with Gasteiger partial charge in [-0.15, -0.1) is 0 Å². The zero-order chi connectivity index (χ0) is 41.6. The number of pyridine rings is 2. The van der Waals surface area contributed by atoms with Crippen LogP contribution in [-0.4, -0.2) is 96.3 Å². The Labute approximate surface area is 339 Å². The van der Waals surface area contributed by atoms with E-state index in [-0.39, 0.29) is 49.1 Å². The van der Waals surface area contributed by atoms with Crippen molar-refractivity contribution in [1.82, 2.24) is 19.8 Å². The molecule has 0 saturated carbocycles. The number of hydrogen-bond donors (Lipinski definition) is 1. The average Bonchev–Trinajstić information content (AvgIpc) is 3.27. The first-order valence-electron chi connectivity index (χ1n) is 19.8. The van der Waals surface area contributed by atoms with Crippen LogP contribution in [0.4, 0.5) is 20.2 Å². The fraction of sp³-hybridized carbons (Fsp3) is 0.409. The van der Waals surface area contributed by atoms with Crippen molar-refractivity contribution in [2.45, 2.75) is 52.6 Å². The molecular weight excluding hydrogens is 745 g/mol. The molecule has 2 aliphatic rings. The third kappa shape index (κ3) is 11.8. The molecular formula is C44H53F2N7O5. The smallest absolute Gasteiger partial charge is 0.339 e. The van der Waals surface area contributed by atoms with Gasteiger partial charge in [-0.1, -0.05) is 26.0 Å². The van der Waals surface area contributed by atoms with Crippen LogP contribution in [0.5, 0.6) is 0 Å². The summed E-state index contributed by atoms with van der Waals surface area (Å²) in [6, 6.07) is 18.8. The Bertz CT molecular complexity index is 1840. The van der Waals surface area contributed by atoms with Crippen molar-refractivity contribution >= 4 is 34.9 Å². The van der Waals surface area contributed by atoms with Crippen molar-refractivity contribution in [3.8, 4) is 0 Å². The molecule has 2 aromatic heterocycles. The van der Waals surface area contributed by atoms with Gasteiger partial charge in [-0.2, -0.15) is 0 Å². The molecule has 308 valence electrons. The van der Waals surface area contributed by atoms with Crippen LogP contribution in [-0.2, 0) is 27.4 Å². The molecule has 2 saturated heterocycles. The van der Waals surface area contributed by atoms with Crippen LogP contribution in [0.15, 0.2) is 85.2 Å². The van der Waals surface area contributed by atoms with Gasteiger partial charge >= 0.3 is 5.97 Å². The fourth-order valence-electron chi connectivity index (χ4n) is 7.20. The van der Waals surface area contributed by atoms with Crippen LogP contribution in [0.3, 0.4) is 0 Å². The van der Waals surface area contributed by atoms with Crippen molar-refractivity contribution in [2.75, 3.05) is 62.7 Å². The molecule has 2 N–H and O–H groups in total. The van der Waals surface area contributed by atoms with Crippen molar-refractivity contribution in [3.05, 3.63) is 119 Å². The maximum absolute atomic E-state index is 13.8. The zero-order valence-electron chi connectivity index (χ0n) is 33.5. The summed E-state index contributed by atoms with van der Waals surface area (Å²) in [7, 11) is 1.31. The van der Waals surface area contributed by atoms with E-state index >= 15 is 0 Å². The van der Waals surface area contributed by atoms with Gasteiger partial charge in [-0.3, -0.25) is 24.4 Å². The van der Waals surface area contributed by atoms with E-state index in [2.05, 4.69) is 38.4 Å². The molecule has 58 heavy (non-hydrogen) atoms. The average molecular weight is 798 g/mol. The number of halogens is 2. The summed E-state index contributed by atoms with van der Waals surface area (Å²) in [6.07, 6.45) is 6.04. The lowest BCUT2D eigenvalue weighted by Crippen LogP contribution is -2.42. The molecule has 0 radical (unpaired) electrons. The minimum absolute atomic E-state index is 0.0183. The number of nitrogens with zero attached hydrogens (tertiary/aromatic N) is 6. The lowest BCUT2D eigenvalue weighted by atomic mass is 9.95. The number of carbonyl (C=O) groups excluding carboxylic acids is 4. The highest BCUT2D eigenvalue weighted by molar-refractivity contribution is 5.97. The lowest BCUT2D eigenvalue weighted by molar-refractivity contribution is -0.124. The SMILES string of the molecule is CCN1CCC(C(=O)N(Cc2ccc(C(=O)CN)cn2)c2cccc(F)c2)CC1.CCN1CCC(C(=O)N(Cc2ccc(C(=O)OC)cn2)c2cccc(F)c2)CC1. The molecule has 0 atom stereocenters. The second-order valence-corrected chi connectivity index (χ2v) is 14.4. The van der Waals surface area contributed by atoms with Gasteiger partial charge in [0.25, 0.3) is 0 Å². The number of hydrogen-bond acceptors (Lipinski definition) is 10. The molecule has 2 fully saturated rings. The maximum atomic E-state index is 13.8. The van der Waals surface area contributed by atoms with Crippen molar-refractivity contribution in [2.24, 2.45) is 17.6 Å². The number of aromatic nitrogens is 2. The van der Waals surface area contributed by atoms with E-state index in [1.54, 1.807) is 58.3 Å². The number of anilines is 2. The number of ketones is 1. The molecule has 12 nitrogen and oxygen atoms in total. The highest BCUT2D eigenvalue weighted by atomic mass is 19.1. The largest absolute Gasteiger partial charge is 0.465 e. The highest BCUT2D eigenvalue weighted by Crippen LogP contribution is 2.27. The number of Topliss-reactive ketones (excluding diaryl/α,β-unsaturated/α-hetero) is 1. The lowest BCUT2D eigenvalue weighted by Gasteiger charge is -2.33. The summed E-state index contributed by atoms with van der Waals surface area (Å²) < 4.78 is 32.4. The molecule has 2 aliphatic heterocycles. The van der Waals surface area contributed by atoms with Gasteiger partial charge in [0.2, 0.25) is 11.8 Å². The summed E-state index contributed by atoms with van der Waals surface area (Å²) in [5, 5.41) is 0. The summed E-state index contributed by atoms with van der Waals surface area (Å²) in [6.45, 7) is 10.1. The number of ether oxygens (including phenoxy) is 1. The zero-order valence-corrected chi connectivity index (χ0v) is 33.5. The third-order valence-electron chi connectivity index (χ3n) is 10.8. The van der Waals surface area contributed by atoms with Gasteiger partial charge in [0.1, 0.15) is 11.6 Å². The van der Waals surface area contributed by atoms with Gasteiger partial charge in [0, 0.05) is 41.2 Å². The van der Waals surface area contributed by atoms with E-state index in [1.165, 1.54) is 43.8 Å². The summed E-state index contributed by atoms with van der Waals surface area (Å²) in [5.41, 5.74) is 8.42. The second-order valence-electron chi connectivity index (χ2n) is 14.4. The molecule has 2 amide bonds. The number of nitrogens with two attached hydrogens (primary N) is 1. The number of benzene rings is 2. The summed E-state index contributed by atoms with van der Waals surface area (Å²) in [4.78, 5) is 66.4. The van der Waals surface area contributed by atoms with E-state index < -0.39 is 17.6 Å². The van der Waals surface area contributed by atoms with Crippen molar-refractivity contribution in [3.63, 3.8) is 0 Å². The number of rotatable bonds is 13. The molecule has 4 aromatic rings. The van der Waals surface area contributed by atoms with Crippen LogP contribution in [0.25, 0.3) is 0 Å². The van der Waals surface area contributed by atoms with Crippen LogP contribution in [0.2, 0.25) is 0 Å². The van der Waals surface area contributed by atoms with Crippen LogP contribution in [0.1, 0.15) is 71.6 Å². The van der Waals surface area contributed by atoms with Crippen LogP contribution in [0, 0.1) is 23.5 Å². The number of piperidine rings is 2. The van der Waals surface area contributed by atoms with E-state index in [0.717, 1.165) is 65.0 Å². The predicted octanol–water partition coefficient (Wildman–Crippen LogP) is 5.90. The Morgan fingerprint density at radius 1 is 0.690 bits per heavy atom. The Hall–Kier alpha value is -5.44. The van der Waals surface area contributed by atoms with E-state index in [4.69, 9.17) is 5.73 Å².